The van der Waals surface area contributed by atoms with Crippen molar-refractivity contribution < 1.29 is 4.74 Å². The lowest BCUT2D eigenvalue weighted by atomic mass is 10.2. The van der Waals surface area contributed by atoms with E-state index in [4.69, 9.17) is 21.3 Å². The van der Waals surface area contributed by atoms with E-state index in [-0.39, 0.29) is 0 Å². The molecule has 4 aromatic rings. The number of benzene rings is 3. The van der Waals surface area contributed by atoms with Crippen LogP contribution < -0.4 is 4.74 Å². The Morgan fingerprint density at radius 1 is 1.00 bits per heavy atom. The zero-order chi connectivity index (χ0) is 17.2. The Morgan fingerprint density at radius 3 is 2.64 bits per heavy atom. The molecule has 124 valence electrons. The maximum absolute atomic E-state index is 6.03. The molecule has 0 aliphatic heterocycles. The van der Waals surface area contributed by atoms with Gasteiger partial charge in [0.1, 0.15) is 18.2 Å². The average Bonchev–Trinajstić information content (AvgIpc) is 3.04. The number of aryl methyl sites for hydroxylation is 1. The van der Waals surface area contributed by atoms with Crippen LogP contribution in [0.4, 0.5) is 0 Å². The van der Waals surface area contributed by atoms with Crippen LogP contribution in [-0.2, 0) is 6.61 Å². The number of hydrogen-bond acceptors (Lipinski definition) is 2. The van der Waals surface area contributed by atoms with Crippen LogP contribution in [0.3, 0.4) is 0 Å². The van der Waals surface area contributed by atoms with Gasteiger partial charge in [0.25, 0.3) is 0 Å². The summed E-state index contributed by atoms with van der Waals surface area (Å²) in [5, 5.41) is 0.724. The molecule has 0 aliphatic rings. The Morgan fingerprint density at radius 2 is 1.80 bits per heavy atom. The number of hydrogen-bond donors (Lipinski definition) is 1. The van der Waals surface area contributed by atoms with Crippen LogP contribution in [0.25, 0.3) is 22.4 Å². The Labute approximate surface area is 151 Å². The maximum atomic E-state index is 6.03. The van der Waals surface area contributed by atoms with Crippen LogP contribution in [-0.4, -0.2) is 9.97 Å². The molecule has 1 heterocycles. The van der Waals surface area contributed by atoms with Crippen molar-refractivity contribution in [3.05, 3.63) is 82.9 Å². The molecular formula is C21H17ClN2O. The second kappa shape index (κ2) is 6.61. The van der Waals surface area contributed by atoms with E-state index in [1.807, 2.05) is 54.6 Å². The third kappa shape index (κ3) is 3.37. The molecule has 0 atom stereocenters. The van der Waals surface area contributed by atoms with Crippen molar-refractivity contribution in [1.29, 1.82) is 0 Å². The van der Waals surface area contributed by atoms with Crippen molar-refractivity contribution in [2.45, 2.75) is 13.5 Å². The number of imidazole rings is 1. The van der Waals surface area contributed by atoms with E-state index in [9.17, 15) is 0 Å². The van der Waals surface area contributed by atoms with E-state index in [0.29, 0.717) is 6.61 Å². The quantitative estimate of drug-likeness (QED) is 0.508. The summed E-state index contributed by atoms with van der Waals surface area (Å²) in [5.74, 6) is 1.61. The van der Waals surface area contributed by atoms with Gasteiger partial charge in [-0.15, -0.1) is 0 Å². The first kappa shape index (κ1) is 15.7. The van der Waals surface area contributed by atoms with Gasteiger partial charge in [0.05, 0.1) is 16.6 Å². The summed E-state index contributed by atoms with van der Waals surface area (Å²) in [7, 11) is 0. The highest BCUT2D eigenvalue weighted by Gasteiger charge is 2.11. The molecule has 1 aromatic heterocycles. The van der Waals surface area contributed by atoms with Gasteiger partial charge in [-0.25, -0.2) is 4.98 Å². The number of nitrogens with zero attached hydrogens (tertiary/aromatic N) is 1. The minimum Gasteiger partial charge on any atom is -0.488 e. The molecule has 0 saturated carbocycles. The highest BCUT2D eigenvalue weighted by molar-refractivity contribution is 6.30. The predicted molar refractivity (Wildman–Crippen MR) is 102 cm³/mol. The van der Waals surface area contributed by atoms with Gasteiger partial charge in [0.15, 0.2) is 0 Å². The van der Waals surface area contributed by atoms with E-state index in [0.717, 1.165) is 38.8 Å². The lowest BCUT2D eigenvalue weighted by Crippen LogP contribution is -1.97. The molecule has 3 nitrogen and oxygen atoms in total. The lowest BCUT2D eigenvalue weighted by molar-refractivity contribution is 0.307. The zero-order valence-corrected chi connectivity index (χ0v) is 14.5. The largest absolute Gasteiger partial charge is 0.488 e. The van der Waals surface area contributed by atoms with Crippen LogP contribution in [0.2, 0.25) is 5.02 Å². The second-order valence-electron chi connectivity index (χ2n) is 6.02. The normalized spacial score (nSPS) is 11.0. The third-order valence-corrected chi connectivity index (χ3v) is 4.34. The third-order valence-electron chi connectivity index (χ3n) is 4.09. The summed E-state index contributed by atoms with van der Waals surface area (Å²) in [4.78, 5) is 8.09. The number of halogens is 1. The van der Waals surface area contributed by atoms with Crippen molar-refractivity contribution in [2.75, 3.05) is 0 Å². The number of aromatic nitrogens is 2. The molecule has 4 heteroatoms. The lowest BCUT2D eigenvalue weighted by Gasteiger charge is -2.10. The van der Waals surface area contributed by atoms with Gasteiger partial charge < -0.3 is 9.72 Å². The van der Waals surface area contributed by atoms with Crippen molar-refractivity contribution in [3.63, 3.8) is 0 Å². The first-order valence-electron chi connectivity index (χ1n) is 8.12. The van der Waals surface area contributed by atoms with E-state index in [1.54, 1.807) is 0 Å². The number of rotatable bonds is 4. The predicted octanol–water partition coefficient (Wildman–Crippen LogP) is 5.77. The van der Waals surface area contributed by atoms with Crippen molar-refractivity contribution >= 4 is 22.6 Å². The van der Waals surface area contributed by atoms with Crippen LogP contribution in [0.1, 0.15) is 11.1 Å². The summed E-state index contributed by atoms with van der Waals surface area (Å²) < 4.78 is 6.03. The molecule has 0 radical (unpaired) electrons. The molecule has 3 aromatic carbocycles. The summed E-state index contributed by atoms with van der Waals surface area (Å²) in [5.41, 5.74) is 5.20. The Bertz CT molecular complexity index is 1020. The van der Waals surface area contributed by atoms with Crippen molar-refractivity contribution in [1.82, 2.24) is 9.97 Å². The minimum atomic E-state index is 0.480. The molecule has 4 rings (SSSR count). The van der Waals surface area contributed by atoms with Gasteiger partial charge in [-0.1, -0.05) is 41.9 Å². The van der Waals surface area contributed by atoms with E-state index in [1.165, 1.54) is 5.56 Å². The maximum Gasteiger partial charge on any atom is 0.142 e. The molecule has 0 spiro atoms. The van der Waals surface area contributed by atoms with Gasteiger partial charge in [0, 0.05) is 5.02 Å². The zero-order valence-electron chi connectivity index (χ0n) is 13.8. The Balaban J connectivity index is 1.64. The van der Waals surface area contributed by atoms with Crippen LogP contribution in [0.5, 0.6) is 5.75 Å². The van der Waals surface area contributed by atoms with Crippen LogP contribution >= 0.6 is 11.6 Å². The topological polar surface area (TPSA) is 37.9 Å². The second-order valence-corrected chi connectivity index (χ2v) is 6.45. The van der Waals surface area contributed by atoms with Crippen LogP contribution in [0, 0.1) is 6.92 Å². The number of aromatic amines is 1. The molecule has 1 N–H and O–H groups in total. The van der Waals surface area contributed by atoms with E-state index >= 15 is 0 Å². The Hall–Kier alpha value is -2.78. The Kier molecular flexibility index (Phi) is 4.16. The fraction of sp³-hybridized carbons (Fsp3) is 0.0952. The van der Waals surface area contributed by atoms with Gasteiger partial charge >= 0.3 is 0 Å². The van der Waals surface area contributed by atoms with E-state index < -0.39 is 0 Å². The monoisotopic (exact) mass is 348 g/mol. The van der Waals surface area contributed by atoms with Gasteiger partial charge in [-0.3, -0.25) is 0 Å². The molecule has 0 fully saturated rings. The molecule has 0 bridgehead atoms. The minimum absolute atomic E-state index is 0.480. The standard InChI is InChI=1S/C21H17ClN2O/c1-14-6-11-18-19(12-14)24-21(23-18)17-4-2-3-5-20(17)25-13-15-7-9-16(22)10-8-15/h2-12H,13H2,1H3,(H,23,24). The number of ether oxygens (including phenoxy) is 1. The molecule has 0 amide bonds. The smallest absolute Gasteiger partial charge is 0.142 e. The SMILES string of the molecule is Cc1ccc2nc(-c3ccccc3OCc3ccc(Cl)cc3)[nH]c2c1. The van der Waals surface area contributed by atoms with Crippen molar-refractivity contribution in [2.24, 2.45) is 0 Å². The van der Waals surface area contributed by atoms with Crippen molar-refractivity contribution in [3.8, 4) is 17.1 Å². The fourth-order valence-electron chi connectivity index (χ4n) is 2.78. The summed E-state index contributed by atoms with van der Waals surface area (Å²) in [6, 6.07) is 21.8. The number of H-pyrrole nitrogens is 1. The number of fused-ring (bicyclic) bond motifs is 1. The first-order chi connectivity index (χ1) is 12.2. The van der Waals surface area contributed by atoms with E-state index in [2.05, 4.69) is 24.0 Å². The summed E-state index contributed by atoms with van der Waals surface area (Å²) in [6.45, 7) is 2.55. The number of nitrogens with one attached hydrogen (secondary N) is 1. The molecule has 0 aliphatic carbocycles. The van der Waals surface area contributed by atoms with Gasteiger partial charge in [0.2, 0.25) is 0 Å². The van der Waals surface area contributed by atoms with Gasteiger partial charge in [-0.2, -0.15) is 0 Å². The highest BCUT2D eigenvalue weighted by atomic mass is 35.5. The molecule has 25 heavy (non-hydrogen) atoms. The molecule has 0 unspecified atom stereocenters. The fourth-order valence-corrected chi connectivity index (χ4v) is 2.91. The van der Waals surface area contributed by atoms with Gasteiger partial charge in [-0.05, 0) is 54.4 Å². The first-order valence-corrected chi connectivity index (χ1v) is 8.50. The average molecular weight is 349 g/mol. The molecular weight excluding hydrogens is 332 g/mol. The number of para-hydroxylation sites is 1. The summed E-state index contributed by atoms with van der Waals surface area (Å²) in [6.07, 6.45) is 0. The highest BCUT2D eigenvalue weighted by Crippen LogP contribution is 2.30. The molecule has 0 saturated heterocycles. The summed E-state index contributed by atoms with van der Waals surface area (Å²) >= 11 is 5.93. The van der Waals surface area contributed by atoms with Crippen LogP contribution in [0.15, 0.2) is 66.7 Å².